The lowest BCUT2D eigenvalue weighted by molar-refractivity contribution is -0.153. The van der Waals surface area contributed by atoms with Crippen molar-refractivity contribution in [3.63, 3.8) is 0 Å². The van der Waals surface area contributed by atoms with Crippen molar-refractivity contribution in [1.29, 1.82) is 0 Å². The Bertz CT molecular complexity index is 600. The van der Waals surface area contributed by atoms with Crippen LogP contribution in [0.2, 0.25) is 0 Å². The number of thiophene rings is 1. The number of hydrogen-bond acceptors (Lipinski definition) is 3. The molecule has 1 unspecified atom stereocenters. The predicted octanol–water partition coefficient (Wildman–Crippen LogP) is 5.62. The third kappa shape index (κ3) is 4.64. The number of nitrogens with one attached hydrogen (secondary N) is 1. The normalized spacial score (nSPS) is 13.0. The van der Waals surface area contributed by atoms with E-state index in [1.165, 1.54) is 6.07 Å². The van der Waals surface area contributed by atoms with E-state index in [0.29, 0.717) is 5.69 Å². The number of ether oxygens (including phenoxy) is 1. The fourth-order valence-corrected chi connectivity index (χ4v) is 3.51. The molecule has 0 aliphatic heterocycles. The Hall–Kier alpha value is -1.21. The third-order valence-electron chi connectivity index (χ3n) is 2.69. The molecule has 0 bridgehead atoms. The second-order valence-corrected chi connectivity index (χ2v) is 6.20. The highest BCUT2D eigenvalue weighted by molar-refractivity contribution is 9.10. The van der Waals surface area contributed by atoms with Gasteiger partial charge in [0.1, 0.15) is 5.75 Å². The molecular weight excluding hydrogens is 367 g/mol. The molecule has 21 heavy (non-hydrogen) atoms. The van der Waals surface area contributed by atoms with Gasteiger partial charge >= 0.3 is 6.18 Å². The van der Waals surface area contributed by atoms with Crippen molar-refractivity contribution in [3.05, 3.63) is 45.1 Å². The maximum atomic E-state index is 12.3. The largest absolute Gasteiger partial charge is 0.482 e. The molecule has 0 spiro atoms. The minimum atomic E-state index is -4.35. The first kappa shape index (κ1) is 16.2. The van der Waals surface area contributed by atoms with Crippen molar-refractivity contribution in [2.45, 2.75) is 19.1 Å². The Labute approximate surface area is 133 Å². The summed E-state index contributed by atoms with van der Waals surface area (Å²) in [5.41, 5.74) is 0.537. The number of hydrogen-bond donors (Lipinski definition) is 1. The molecule has 7 heteroatoms. The maximum Gasteiger partial charge on any atom is 0.422 e. The summed E-state index contributed by atoms with van der Waals surface area (Å²) in [5.74, 6) is 0.189. The van der Waals surface area contributed by atoms with Gasteiger partial charge in [-0.1, -0.05) is 12.1 Å². The number of benzene rings is 1. The molecule has 0 saturated carbocycles. The number of halogens is 4. The zero-order valence-corrected chi connectivity index (χ0v) is 13.5. The first-order valence-corrected chi connectivity index (χ1v) is 7.82. The zero-order valence-electron chi connectivity index (χ0n) is 11.1. The lowest BCUT2D eigenvalue weighted by Gasteiger charge is -2.18. The first-order chi connectivity index (χ1) is 9.87. The van der Waals surface area contributed by atoms with E-state index in [4.69, 9.17) is 4.74 Å². The molecule has 1 atom stereocenters. The molecule has 1 aromatic heterocycles. The summed E-state index contributed by atoms with van der Waals surface area (Å²) < 4.78 is 42.6. The van der Waals surface area contributed by atoms with Gasteiger partial charge in [0.05, 0.1) is 11.7 Å². The van der Waals surface area contributed by atoms with Gasteiger partial charge in [0.2, 0.25) is 0 Å². The summed E-state index contributed by atoms with van der Waals surface area (Å²) in [5, 5.41) is 5.13. The highest BCUT2D eigenvalue weighted by Crippen LogP contribution is 2.34. The molecule has 114 valence electrons. The van der Waals surface area contributed by atoms with Gasteiger partial charge in [-0.2, -0.15) is 13.2 Å². The Morgan fingerprint density at radius 2 is 2.00 bits per heavy atom. The molecule has 1 aromatic carbocycles. The van der Waals surface area contributed by atoms with E-state index in [1.807, 2.05) is 18.4 Å². The second kappa shape index (κ2) is 6.70. The molecule has 2 aromatic rings. The van der Waals surface area contributed by atoms with Crippen molar-refractivity contribution in [1.82, 2.24) is 0 Å². The van der Waals surface area contributed by atoms with E-state index in [0.717, 1.165) is 9.35 Å². The topological polar surface area (TPSA) is 21.3 Å². The van der Waals surface area contributed by atoms with Gasteiger partial charge in [-0.15, -0.1) is 11.3 Å². The molecular formula is C14H13BrF3NOS. The standard InChI is InChI=1S/C14H13BrF3NOS/c1-9(13-10(15)6-7-21-13)19-11-4-2-3-5-12(11)20-8-14(16,17)18/h2-7,9,19H,8H2,1H3. The van der Waals surface area contributed by atoms with Gasteiger partial charge < -0.3 is 10.1 Å². The van der Waals surface area contributed by atoms with Crippen molar-refractivity contribution >= 4 is 33.0 Å². The van der Waals surface area contributed by atoms with E-state index < -0.39 is 12.8 Å². The highest BCUT2D eigenvalue weighted by Gasteiger charge is 2.28. The molecule has 1 heterocycles. The van der Waals surface area contributed by atoms with Crippen LogP contribution in [0, 0.1) is 0 Å². The predicted molar refractivity (Wildman–Crippen MR) is 82.0 cm³/mol. The zero-order chi connectivity index (χ0) is 15.5. The fraction of sp³-hybridized carbons (Fsp3) is 0.286. The van der Waals surface area contributed by atoms with Crippen LogP contribution in [0.5, 0.6) is 5.75 Å². The van der Waals surface area contributed by atoms with Crippen molar-refractivity contribution in [2.24, 2.45) is 0 Å². The summed E-state index contributed by atoms with van der Waals surface area (Å²) in [6.07, 6.45) is -4.35. The molecule has 0 aliphatic rings. The lowest BCUT2D eigenvalue weighted by Crippen LogP contribution is -2.20. The van der Waals surface area contributed by atoms with E-state index in [9.17, 15) is 13.2 Å². The molecule has 1 N–H and O–H groups in total. The van der Waals surface area contributed by atoms with Crippen molar-refractivity contribution < 1.29 is 17.9 Å². The van der Waals surface area contributed by atoms with E-state index >= 15 is 0 Å². The van der Waals surface area contributed by atoms with Crippen LogP contribution < -0.4 is 10.1 Å². The monoisotopic (exact) mass is 379 g/mol. The molecule has 0 radical (unpaired) electrons. The second-order valence-electron chi connectivity index (χ2n) is 4.40. The van der Waals surface area contributed by atoms with E-state index in [2.05, 4.69) is 21.2 Å². The smallest absolute Gasteiger partial charge is 0.422 e. The number of rotatable bonds is 5. The van der Waals surface area contributed by atoms with Crippen molar-refractivity contribution in [3.8, 4) is 5.75 Å². The van der Waals surface area contributed by atoms with Crippen LogP contribution in [-0.2, 0) is 0 Å². The molecule has 0 amide bonds. The number of anilines is 1. The molecule has 0 fully saturated rings. The lowest BCUT2D eigenvalue weighted by atomic mass is 10.2. The average Bonchev–Trinajstić information content (AvgIpc) is 2.83. The summed E-state index contributed by atoms with van der Waals surface area (Å²) in [7, 11) is 0. The van der Waals surface area contributed by atoms with Crippen LogP contribution in [0.25, 0.3) is 0 Å². The van der Waals surface area contributed by atoms with Crippen LogP contribution >= 0.6 is 27.3 Å². The Balaban J connectivity index is 2.11. The molecule has 2 nitrogen and oxygen atoms in total. The van der Waals surface area contributed by atoms with Crippen LogP contribution in [0.3, 0.4) is 0 Å². The summed E-state index contributed by atoms with van der Waals surface area (Å²) >= 11 is 5.02. The molecule has 0 aliphatic carbocycles. The minimum absolute atomic E-state index is 0.0463. The van der Waals surface area contributed by atoms with Gasteiger partial charge in [0.25, 0.3) is 0 Å². The van der Waals surface area contributed by atoms with Gasteiger partial charge in [0.15, 0.2) is 6.61 Å². The summed E-state index contributed by atoms with van der Waals surface area (Å²) in [4.78, 5) is 1.07. The summed E-state index contributed by atoms with van der Waals surface area (Å²) in [6, 6.07) is 8.50. The van der Waals surface area contributed by atoms with E-state index in [1.54, 1.807) is 29.5 Å². The molecule has 2 rings (SSSR count). The Morgan fingerprint density at radius 1 is 1.29 bits per heavy atom. The number of para-hydroxylation sites is 2. The highest BCUT2D eigenvalue weighted by atomic mass is 79.9. The van der Waals surface area contributed by atoms with Gasteiger partial charge in [-0.3, -0.25) is 0 Å². The van der Waals surface area contributed by atoms with Crippen LogP contribution in [0.4, 0.5) is 18.9 Å². The Morgan fingerprint density at radius 3 is 2.62 bits per heavy atom. The van der Waals surface area contributed by atoms with Crippen LogP contribution in [0.1, 0.15) is 17.8 Å². The first-order valence-electron chi connectivity index (χ1n) is 6.15. The van der Waals surface area contributed by atoms with Gasteiger partial charge in [-0.25, -0.2) is 0 Å². The van der Waals surface area contributed by atoms with Crippen LogP contribution in [-0.4, -0.2) is 12.8 Å². The third-order valence-corrected chi connectivity index (χ3v) is 4.74. The van der Waals surface area contributed by atoms with Crippen LogP contribution in [0.15, 0.2) is 40.2 Å². The van der Waals surface area contributed by atoms with E-state index in [-0.39, 0.29) is 11.8 Å². The quantitative estimate of drug-likeness (QED) is 0.727. The minimum Gasteiger partial charge on any atom is -0.482 e. The fourth-order valence-electron chi connectivity index (χ4n) is 1.78. The maximum absolute atomic E-state index is 12.3. The van der Waals surface area contributed by atoms with Gasteiger partial charge in [-0.05, 0) is 46.4 Å². The number of alkyl halides is 3. The van der Waals surface area contributed by atoms with Gasteiger partial charge in [0, 0.05) is 9.35 Å². The average molecular weight is 380 g/mol. The van der Waals surface area contributed by atoms with Crippen molar-refractivity contribution in [2.75, 3.05) is 11.9 Å². The SMILES string of the molecule is CC(Nc1ccccc1OCC(F)(F)F)c1sccc1Br. The molecule has 0 saturated heterocycles. The Kier molecular flexibility index (Phi) is 5.16. The summed E-state index contributed by atoms with van der Waals surface area (Å²) in [6.45, 7) is 0.639.